The van der Waals surface area contributed by atoms with Crippen LogP contribution in [0.15, 0.2) is 28.7 Å². The monoisotopic (exact) mass is 442 g/mol. The Labute approximate surface area is 177 Å². The Balaban J connectivity index is 1.70. The lowest BCUT2D eigenvalue weighted by Gasteiger charge is -2.44. The second kappa shape index (κ2) is 9.44. The molecule has 0 amide bonds. The lowest BCUT2D eigenvalue weighted by molar-refractivity contribution is -0.137. The number of nitrogens with one attached hydrogen (secondary N) is 2. The Morgan fingerprint density at radius 2 is 1.71 bits per heavy atom. The molecule has 2 saturated heterocycles. The van der Waals surface area contributed by atoms with E-state index in [0.717, 1.165) is 12.3 Å². The van der Waals surface area contributed by atoms with Gasteiger partial charge in [-0.15, -0.1) is 5.11 Å². The van der Waals surface area contributed by atoms with Crippen molar-refractivity contribution in [1.29, 1.82) is 0 Å². The lowest BCUT2D eigenvalue weighted by Crippen LogP contribution is -2.65. The molecule has 2 atom stereocenters. The van der Waals surface area contributed by atoms with Crippen LogP contribution >= 0.6 is 0 Å². The first-order valence-corrected chi connectivity index (χ1v) is 10.0. The molecule has 0 aromatic carbocycles. The smallest absolute Gasteiger partial charge is 0.379 e. The molecule has 0 radical (unpaired) electrons. The number of hydrogen-bond acceptors (Lipinski definition) is 9. The van der Waals surface area contributed by atoms with Gasteiger partial charge in [-0.25, -0.2) is 4.98 Å². The molecule has 13 heteroatoms. The van der Waals surface area contributed by atoms with Crippen molar-refractivity contribution in [2.24, 2.45) is 16.2 Å². The fourth-order valence-corrected chi connectivity index (χ4v) is 3.88. The molecule has 2 fully saturated rings. The summed E-state index contributed by atoms with van der Waals surface area (Å²) < 4.78 is 52.5. The molecule has 4 N–H and O–H groups in total. The molecular weight excluding hydrogens is 417 g/mol. The molecular formula is C18H25F3N8O2. The second-order valence-electron chi connectivity index (χ2n) is 7.34. The standard InChI is InChI=1S/C18H25F3N8O2/c19-18(20,21)13-9-15(26-27-22)23-11-12(13)14-10-16(28-1-5-30-6-2-28)25-17(24-14)29-3-7-31-8-4-29/h9-11,16-17,24-25H,1-8H2,(H2,22,23,26). The van der Waals surface area contributed by atoms with Crippen LogP contribution in [0, 0.1) is 0 Å². The highest BCUT2D eigenvalue weighted by molar-refractivity contribution is 5.69. The minimum absolute atomic E-state index is 0.0542. The predicted molar refractivity (Wildman–Crippen MR) is 105 cm³/mol. The average Bonchev–Trinajstić information content (AvgIpc) is 2.79. The van der Waals surface area contributed by atoms with Crippen LogP contribution in [-0.4, -0.2) is 79.8 Å². The largest absolute Gasteiger partial charge is 0.417 e. The van der Waals surface area contributed by atoms with E-state index in [1.54, 1.807) is 6.08 Å². The van der Waals surface area contributed by atoms with E-state index < -0.39 is 11.7 Å². The first kappa shape index (κ1) is 21.9. The molecule has 3 aliphatic heterocycles. The van der Waals surface area contributed by atoms with Gasteiger partial charge < -0.3 is 20.6 Å². The van der Waals surface area contributed by atoms with Gasteiger partial charge in [0.05, 0.1) is 38.2 Å². The Morgan fingerprint density at radius 3 is 2.32 bits per heavy atom. The molecule has 31 heavy (non-hydrogen) atoms. The van der Waals surface area contributed by atoms with Crippen molar-refractivity contribution in [2.45, 2.75) is 18.6 Å². The van der Waals surface area contributed by atoms with Crippen LogP contribution in [0.1, 0.15) is 11.1 Å². The molecule has 1 aromatic rings. The third kappa shape index (κ3) is 5.13. The van der Waals surface area contributed by atoms with E-state index in [1.165, 1.54) is 0 Å². The van der Waals surface area contributed by atoms with Crippen molar-refractivity contribution in [3.05, 3.63) is 29.5 Å². The maximum Gasteiger partial charge on any atom is 0.417 e. The minimum atomic E-state index is -4.60. The van der Waals surface area contributed by atoms with Crippen LogP contribution in [0.4, 0.5) is 19.0 Å². The Kier molecular flexibility index (Phi) is 6.67. The first-order valence-electron chi connectivity index (χ1n) is 10.0. The first-order chi connectivity index (χ1) is 15.0. The van der Waals surface area contributed by atoms with E-state index in [9.17, 15) is 13.2 Å². The van der Waals surface area contributed by atoms with Crippen molar-refractivity contribution >= 4 is 11.5 Å². The highest BCUT2D eigenvalue weighted by Gasteiger charge is 2.38. The summed E-state index contributed by atoms with van der Waals surface area (Å²) in [4.78, 5) is 8.25. The van der Waals surface area contributed by atoms with Gasteiger partial charge in [0.15, 0.2) is 5.82 Å². The summed E-state index contributed by atoms with van der Waals surface area (Å²) in [5.74, 6) is 4.77. The molecule has 0 bridgehead atoms. The second-order valence-corrected chi connectivity index (χ2v) is 7.34. The summed E-state index contributed by atoms with van der Waals surface area (Å²) in [6.45, 7) is 4.96. The van der Waals surface area contributed by atoms with Gasteiger partial charge in [0.1, 0.15) is 6.29 Å². The molecule has 0 saturated carbocycles. The number of aromatic nitrogens is 1. The van der Waals surface area contributed by atoms with Crippen LogP contribution in [0.5, 0.6) is 0 Å². The van der Waals surface area contributed by atoms with Gasteiger partial charge in [-0.05, 0) is 12.1 Å². The third-order valence-corrected chi connectivity index (χ3v) is 5.44. The van der Waals surface area contributed by atoms with E-state index >= 15 is 0 Å². The highest BCUT2D eigenvalue weighted by Crippen LogP contribution is 2.36. The van der Waals surface area contributed by atoms with E-state index in [1.807, 2.05) is 0 Å². The lowest BCUT2D eigenvalue weighted by atomic mass is 10.0. The number of morpholine rings is 2. The Hall–Kier alpha value is -2.32. The Bertz CT molecular complexity index is 823. The van der Waals surface area contributed by atoms with Gasteiger partial charge in [0, 0.05) is 43.6 Å². The summed E-state index contributed by atoms with van der Waals surface area (Å²) in [6.07, 6.45) is -2.31. The van der Waals surface area contributed by atoms with Gasteiger partial charge in [0.25, 0.3) is 0 Å². The fraction of sp³-hybridized carbons (Fsp3) is 0.611. The molecule has 4 rings (SSSR count). The zero-order chi connectivity index (χ0) is 21.8. The molecule has 4 heterocycles. The Morgan fingerprint density at radius 1 is 1.06 bits per heavy atom. The van der Waals surface area contributed by atoms with Gasteiger partial charge in [-0.1, -0.05) is 5.22 Å². The number of alkyl halides is 3. The van der Waals surface area contributed by atoms with Gasteiger partial charge >= 0.3 is 6.18 Å². The van der Waals surface area contributed by atoms with E-state index in [0.29, 0.717) is 58.3 Å². The SMILES string of the molecule is NN=Nc1cc(C(F)(F)F)c(C2=CC(N3CCOCC3)NC(N3CCOCC3)N2)cn1. The molecule has 10 nitrogen and oxygen atoms in total. The third-order valence-electron chi connectivity index (χ3n) is 5.44. The van der Waals surface area contributed by atoms with Crippen molar-refractivity contribution < 1.29 is 22.6 Å². The normalized spacial score (nSPS) is 26.6. The van der Waals surface area contributed by atoms with E-state index in [4.69, 9.17) is 15.3 Å². The van der Waals surface area contributed by atoms with Crippen LogP contribution in [-0.2, 0) is 15.7 Å². The highest BCUT2D eigenvalue weighted by atomic mass is 19.4. The predicted octanol–water partition coefficient (Wildman–Crippen LogP) is 0.866. The molecule has 0 spiro atoms. The maximum atomic E-state index is 13.9. The number of nitrogens with zero attached hydrogens (tertiary/aromatic N) is 5. The summed E-state index contributed by atoms with van der Waals surface area (Å²) >= 11 is 0. The zero-order valence-electron chi connectivity index (χ0n) is 16.8. The summed E-state index contributed by atoms with van der Waals surface area (Å²) in [7, 11) is 0. The number of hydrogen-bond donors (Lipinski definition) is 3. The minimum Gasteiger partial charge on any atom is -0.379 e. The zero-order valence-corrected chi connectivity index (χ0v) is 16.8. The molecule has 1 aromatic heterocycles. The average molecular weight is 442 g/mol. The van der Waals surface area contributed by atoms with Crippen molar-refractivity contribution in [3.8, 4) is 0 Å². The number of nitrogens with two attached hydrogens (primary N) is 1. The van der Waals surface area contributed by atoms with Crippen LogP contribution in [0.2, 0.25) is 0 Å². The maximum absolute atomic E-state index is 13.9. The summed E-state index contributed by atoms with van der Waals surface area (Å²) in [6, 6.07) is 0.851. The number of pyridine rings is 1. The van der Waals surface area contributed by atoms with Crippen LogP contribution in [0.3, 0.4) is 0 Å². The van der Waals surface area contributed by atoms with Gasteiger partial charge in [-0.3, -0.25) is 15.1 Å². The fourth-order valence-electron chi connectivity index (χ4n) is 3.88. The number of halogens is 3. The number of ether oxygens (including phenoxy) is 2. The van der Waals surface area contributed by atoms with Gasteiger partial charge in [-0.2, -0.15) is 13.2 Å². The van der Waals surface area contributed by atoms with Gasteiger partial charge in [0.2, 0.25) is 0 Å². The summed E-state index contributed by atoms with van der Waals surface area (Å²) in [5.41, 5.74) is -0.559. The van der Waals surface area contributed by atoms with Crippen LogP contribution < -0.4 is 16.5 Å². The van der Waals surface area contributed by atoms with Crippen molar-refractivity contribution in [2.75, 3.05) is 52.6 Å². The van der Waals surface area contributed by atoms with E-state index in [2.05, 4.69) is 35.8 Å². The van der Waals surface area contributed by atoms with Crippen molar-refractivity contribution in [1.82, 2.24) is 25.4 Å². The van der Waals surface area contributed by atoms with Crippen molar-refractivity contribution in [3.63, 3.8) is 0 Å². The molecule has 2 unspecified atom stereocenters. The number of rotatable bonds is 4. The topological polar surface area (TPSA) is 113 Å². The molecule has 0 aliphatic carbocycles. The molecule has 170 valence electrons. The molecule has 3 aliphatic rings. The van der Waals surface area contributed by atoms with Crippen LogP contribution in [0.25, 0.3) is 5.70 Å². The van der Waals surface area contributed by atoms with E-state index in [-0.39, 0.29) is 23.8 Å². The summed E-state index contributed by atoms with van der Waals surface area (Å²) in [5, 5.41) is 13.2. The quantitative estimate of drug-likeness (QED) is 0.358.